The van der Waals surface area contributed by atoms with E-state index in [-0.39, 0.29) is 15.7 Å². The zero-order valence-corrected chi connectivity index (χ0v) is 10.3. The van der Waals surface area contributed by atoms with Crippen molar-refractivity contribution in [3.05, 3.63) is 16.5 Å². The topological polar surface area (TPSA) is 92.7 Å². The average molecular weight is 265 g/mol. The number of aromatic carboxylic acids is 1. The van der Waals surface area contributed by atoms with Crippen molar-refractivity contribution in [3.63, 3.8) is 0 Å². The van der Waals surface area contributed by atoms with E-state index in [9.17, 15) is 13.2 Å². The lowest BCUT2D eigenvalue weighted by molar-refractivity contribution is 0.0701. The zero-order valence-electron chi connectivity index (χ0n) is 8.68. The molecule has 0 aromatic carbocycles. The third kappa shape index (κ3) is 2.79. The van der Waals surface area contributed by atoms with E-state index in [1.54, 1.807) is 13.8 Å². The summed E-state index contributed by atoms with van der Waals surface area (Å²) in [5.41, 5.74) is 0.411. The highest BCUT2D eigenvalue weighted by molar-refractivity contribution is 7.91. The molecule has 0 amide bonds. The largest absolute Gasteiger partial charge is 0.477 e. The summed E-state index contributed by atoms with van der Waals surface area (Å²) in [5, 5.41) is 8.78. The molecule has 0 spiro atoms. The minimum atomic E-state index is -3.77. The van der Waals surface area contributed by atoms with Gasteiger partial charge in [-0.15, -0.1) is 11.3 Å². The first-order valence-electron chi connectivity index (χ1n) is 4.35. The van der Waals surface area contributed by atoms with Crippen LogP contribution in [0, 0.1) is 6.92 Å². The van der Waals surface area contributed by atoms with Crippen LogP contribution in [0.25, 0.3) is 0 Å². The lowest BCUT2D eigenvalue weighted by Crippen LogP contribution is -2.23. The molecule has 0 aliphatic rings. The molecule has 1 aromatic heterocycles. The second-order valence-electron chi connectivity index (χ2n) is 2.90. The Morgan fingerprint density at radius 1 is 1.62 bits per heavy atom. The van der Waals surface area contributed by atoms with E-state index in [2.05, 4.69) is 4.84 Å². The number of carbonyl (C=O) groups is 1. The second kappa shape index (κ2) is 4.91. The molecule has 0 unspecified atom stereocenters. The number of nitrogens with one attached hydrogen (secondary N) is 1. The number of thiophene rings is 1. The van der Waals surface area contributed by atoms with E-state index in [4.69, 9.17) is 5.11 Å². The van der Waals surface area contributed by atoms with E-state index in [0.717, 1.165) is 0 Å². The second-order valence-corrected chi connectivity index (χ2v) is 5.83. The number of sulfonamides is 1. The molecule has 16 heavy (non-hydrogen) atoms. The molecule has 0 bridgehead atoms. The maximum Gasteiger partial charge on any atom is 0.346 e. The fourth-order valence-electron chi connectivity index (χ4n) is 0.975. The third-order valence-electron chi connectivity index (χ3n) is 1.67. The van der Waals surface area contributed by atoms with Crippen molar-refractivity contribution >= 4 is 27.3 Å². The Hall–Kier alpha value is -0.960. The lowest BCUT2D eigenvalue weighted by Gasteiger charge is -2.01. The molecule has 8 heteroatoms. The maximum absolute atomic E-state index is 11.6. The van der Waals surface area contributed by atoms with Gasteiger partial charge in [0.15, 0.2) is 0 Å². The first kappa shape index (κ1) is 13.1. The van der Waals surface area contributed by atoms with Gasteiger partial charge in [-0.05, 0) is 25.5 Å². The van der Waals surface area contributed by atoms with Gasteiger partial charge in [0, 0.05) is 0 Å². The number of carboxylic acids is 1. The van der Waals surface area contributed by atoms with Crippen molar-refractivity contribution in [3.8, 4) is 0 Å². The van der Waals surface area contributed by atoms with Gasteiger partial charge >= 0.3 is 5.97 Å². The van der Waals surface area contributed by atoms with Crippen molar-refractivity contribution in [2.75, 3.05) is 6.61 Å². The average Bonchev–Trinajstić information content (AvgIpc) is 2.58. The van der Waals surface area contributed by atoms with Gasteiger partial charge in [0.1, 0.15) is 9.09 Å². The van der Waals surface area contributed by atoms with E-state index in [1.807, 2.05) is 4.89 Å². The zero-order chi connectivity index (χ0) is 12.3. The van der Waals surface area contributed by atoms with Crippen LogP contribution in [0.15, 0.2) is 10.3 Å². The van der Waals surface area contributed by atoms with Gasteiger partial charge in [-0.1, -0.05) is 4.89 Å². The minimum Gasteiger partial charge on any atom is -0.477 e. The molecule has 0 atom stereocenters. The Bertz CT molecular complexity index is 491. The van der Waals surface area contributed by atoms with Gasteiger partial charge in [-0.25, -0.2) is 13.2 Å². The van der Waals surface area contributed by atoms with Gasteiger partial charge in [-0.2, -0.15) is 0 Å². The quantitative estimate of drug-likeness (QED) is 0.774. The van der Waals surface area contributed by atoms with Crippen LogP contribution < -0.4 is 4.89 Å². The normalized spacial score (nSPS) is 11.6. The van der Waals surface area contributed by atoms with Crippen LogP contribution in [0.1, 0.15) is 22.2 Å². The molecule has 0 saturated heterocycles. The fourth-order valence-corrected chi connectivity index (χ4v) is 3.20. The summed E-state index contributed by atoms with van der Waals surface area (Å²) in [4.78, 5) is 17.2. The first-order chi connectivity index (χ1) is 7.38. The number of hydrogen-bond acceptors (Lipinski definition) is 5. The Morgan fingerprint density at radius 3 is 2.69 bits per heavy atom. The third-order valence-corrected chi connectivity index (χ3v) is 4.58. The maximum atomic E-state index is 11.6. The van der Waals surface area contributed by atoms with Crippen LogP contribution in [0.4, 0.5) is 0 Å². The van der Waals surface area contributed by atoms with Gasteiger partial charge in [-0.3, -0.25) is 4.84 Å². The van der Waals surface area contributed by atoms with E-state index >= 15 is 0 Å². The van der Waals surface area contributed by atoms with Crippen molar-refractivity contribution < 1.29 is 23.2 Å². The molecule has 0 aliphatic carbocycles. The molecule has 2 N–H and O–H groups in total. The molecular formula is C8H11NO5S2. The van der Waals surface area contributed by atoms with Crippen LogP contribution in [0.5, 0.6) is 0 Å². The predicted molar refractivity (Wildman–Crippen MR) is 58.0 cm³/mol. The lowest BCUT2D eigenvalue weighted by atomic mass is 10.3. The van der Waals surface area contributed by atoms with Crippen LogP contribution in [-0.2, 0) is 14.9 Å². The van der Waals surface area contributed by atoms with Gasteiger partial charge in [0.05, 0.1) is 6.61 Å². The Balaban J connectivity index is 3.06. The van der Waals surface area contributed by atoms with Crippen molar-refractivity contribution in [2.45, 2.75) is 18.1 Å². The van der Waals surface area contributed by atoms with Crippen LogP contribution in [0.3, 0.4) is 0 Å². The smallest absolute Gasteiger partial charge is 0.346 e. The highest BCUT2D eigenvalue weighted by atomic mass is 32.2. The molecule has 0 fully saturated rings. The Labute approximate surface area is 96.9 Å². The Morgan fingerprint density at radius 2 is 2.25 bits per heavy atom. The summed E-state index contributed by atoms with van der Waals surface area (Å²) in [6, 6.07) is 1.30. The molecule has 0 saturated carbocycles. The molecule has 0 aliphatic heterocycles. The van der Waals surface area contributed by atoms with Gasteiger partial charge in [0.2, 0.25) is 0 Å². The van der Waals surface area contributed by atoms with E-state index in [0.29, 0.717) is 16.9 Å². The summed E-state index contributed by atoms with van der Waals surface area (Å²) >= 11 is 0.695. The van der Waals surface area contributed by atoms with E-state index < -0.39 is 16.0 Å². The molecule has 6 nitrogen and oxygen atoms in total. The van der Waals surface area contributed by atoms with Crippen molar-refractivity contribution in [1.82, 2.24) is 4.89 Å². The molecule has 1 heterocycles. The predicted octanol–water partition coefficient (Wildman–Crippen LogP) is 0.985. The SMILES string of the molecule is CCONS(=O)(=O)c1cc(C)c(C(=O)O)s1. The number of aryl methyl sites for hydroxylation is 1. The first-order valence-corrected chi connectivity index (χ1v) is 6.65. The standard InChI is InChI=1S/C8H11NO5S2/c1-3-14-9-16(12,13)6-4-5(2)7(15-6)8(10)11/h4,9H,3H2,1-2H3,(H,10,11). The molecule has 1 aromatic rings. The van der Waals surface area contributed by atoms with Gasteiger partial charge < -0.3 is 5.11 Å². The van der Waals surface area contributed by atoms with Crippen LogP contribution in [-0.4, -0.2) is 26.1 Å². The number of rotatable bonds is 5. The minimum absolute atomic E-state index is 0.0110. The number of carboxylic acid groups (broad SMARTS) is 1. The summed E-state index contributed by atoms with van der Waals surface area (Å²) in [6.45, 7) is 3.36. The number of hydrogen-bond donors (Lipinski definition) is 2. The van der Waals surface area contributed by atoms with E-state index in [1.165, 1.54) is 6.07 Å². The summed E-state index contributed by atoms with van der Waals surface area (Å²) in [7, 11) is -3.77. The molecular weight excluding hydrogens is 254 g/mol. The summed E-state index contributed by atoms with van der Waals surface area (Å²) < 4.78 is 23.0. The molecule has 90 valence electrons. The molecule has 1 rings (SSSR count). The highest BCUT2D eigenvalue weighted by Gasteiger charge is 2.21. The monoisotopic (exact) mass is 265 g/mol. The van der Waals surface area contributed by atoms with Gasteiger partial charge in [0.25, 0.3) is 10.0 Å². The fraction of sp³-hybridized carbons (Fsp3) is 0.375. The van der Waals surface area contributed by atoms with Crippen molar-refractivity contribution in [1.29, 1.82) is 0 Å². The molecule has 0 radical (unpaired) electrons. The van der Waals surface area contributed by atoms with Crippen LogP contribution >= 0.6 is 11.3 Å². The van der Waals surface area contributed by atoms with Crippen LogP contribution in [0.2, 0.25) is 0 Å². The highest BCUT2D eigenvalue weighted by Crippen LogP contribution is 2.25. The summed E-state index contributed by atoms with van der Waals surface area (Å²) in [6.07, 6.45) is 0. The summed E-state index contributed by atoms with van der Waals surface area (Å²) in [5.74, 6) is -1.14. The Kier molecular flexibility index (Phi) is 4.03. The van der Waals surface area contributed by atoms with Crippen molar-refractivity contribution in [2.24, 2.45) is 0 Å².